The predicted molar refractivity (Wildman–Crippen MR) is 108 cm³/mol. The molecule has 0 aliphatic rings. The van der Waals surface area contributed by atoms with E-state index >= 15 is 0 Å². The number of nitrogens with zero attached hydrogens (tertiary/aromatic N) is 3. The first-order chi connectivity index (χ1) is 13.6. The minimum Gasteiger partial charge on any atom is -0.493 e. The number of ether oxygens (including phenoxy) is 4. The van der Waals surface area contributed by atoms with Crippen LogP contribution in [0.15, 0.2) is 29.4 Å². The lowest BCUT2D eigenvalue weighted by Crippen LogP contribution is -2.03. The Labute approximate surface area is 162 Å². The number of hydrogen-bond acceptors (Lipinski definition) is 6. The fraction of sp³-hybridized carbons (Fsp3) is 0.300. The normalized spacial score (nSPS) is 10.6. The molecule has 3 aromatic rings. The van der Waals surface area contributed by atoms with Crippen LogP contribution in [-0.2, 0) is 13.1 Å². The lowest BCUT2D eigenvalue weighted by Gasteiger charge is -2.19. The van der Waals surface area contributed by atoms with Crippen LogP contribution in [0.1, 0.15) is 11.1 Å². The lowest BCUT2D eigenvalue weighted by atomic mass is 9.90. The first-order valence-electron chi connectivity index (χ1n) is 8.59. The standard InChI is InChI=1S/C20H22N4O4/c1-25-17-5-11-13(7-19(17)27-3)16(10-23-24-22)14-8-20(28-4)18(26-2)6-12(14)15(11)9-21/h5-8H,9-10,21H2,1-4H3. The zero-order valence-electron chi connectivity index (χ0n) is 16.3. The molecule has 0 bridgehead atoms. The monoisotopic (exact) mass is 382 g/mol. The summed E-state index contributed by atoms with van der Waals surface area (Å²) >= 11 is 0. The number of azide groups is 1. The molecule has 8 nitrogen and oxygen atoms in total. The number of hydrogen-bond donors (Lipinski definition) is 1. The van der Waals surface area contributed by atoms with E-state index in [-0.39, 0.29) is 6.54 Å². The average Bonchev–Trinajstić information content (AvgIpc) is 2.74. The summed E-state index contributed by atoms with van der Waals surface area (Å²) in [4.78, 5) is 2.93. The zero-order chi connectivity index (χ0) is 20.3. The number of rotatable bonds is 7. The van der Waals surface area contributed by atoms with Gasteiger partial charge in [-0.25, -0.2) is 0 Å². The lowest BCUT2D eigenvalue weighted by molar-refractivity contribution is 0.355. The summed E-state index contributed by atoms with van der Waals surface area (Å²) in [5.41, 5.74) is 16.8. The van der Waals surface area contributed by atoms with Crippen molar-refractivity contribution in [3.05, 3.63) is 45.8 Å². The van der Waals surface area contributed by atoms with Crippen molar-refractivity contribution < 1.29 is 18.9 Å². The summed E-state index contributed by atoms with van der Waals surface area (Å²) in [6, 6.07) is 7.55. The zero-order valence-corrected chi connectivity index (χ0v) is 16.3. The number of fused-ring (bicyclic) bond motifs is 2. The van der Waals surface area contributed by atoms with E-state index in [1.54, 1.807) is 28.4 Å². The molecule has 28 heavy (non-hydrogen) atoms. The van der Waals surface area contributed by atoms with E-state index in [4.69, 9.17) is 30.2 Å². The van der Waals surface area contributed by atoms with Gasteiger partial charge in [0.2, 0.25) is 0 Å². The molecule has 0 heterocycles. The van der Waals surface area contributed by atoms with Crippen LogP contribution in [0.5, 0.6) is 23.0 Å². The van der Waals surface area contributed by atoms with Crippen molar-refractivity contribution in [2.75, 3.05) is 28.4 Å². The Hall–Kier alpha value is -3.35. The maximum absolute atomic E-state index is 8.89. The topological polar surface area (TPSA) is 112 Å². The Morgan fingerprint density at radius 1 is 0.750 bits per heavy atom. The Kier molecular flexibility index (Phi) is 5.63. The Bertz CT molecular complexity index is 1020. The smallest absolute Gasteiger partial charge is 0.161 e. The van der Waals surface area contributed by atoms with Crippen molar-refractivity contribution in [1.82, 2.24) is 0 Å². The second-order valence-corrected chi connectivity index (χ2v) is 6.06. The highest BCUT2D eigenvalue weighted by molar-refractivity contribution is 6.07. The van der Waals surface area contributed by atoms with Crippen LogP contribution in [0.2, 0.25) is 0 Å². The van der Waals surface area contributed by atoms with Crippen LogP contribution < -0.4 is 24.7 Å². The maximum Gasteiger partial charge on any atom is 0.161 e. The molecule has 0 saturated heterocycles. The van der Waals surface area contributed by atoms with Gasteiger partial charge in [-0.3, -0.25) is 0 Å². The molecule has 0 spiro atoms. The van der Waals surface area contributed by atoms with Gasteiger partial charge in [-0.05, 0) is 62.5 Å². The van der Waals surface area contributed by atoms with Gasteiger partial charge in [0.15, 0.2) is 23.0 Å². The molecule has 0 amide bonds. The first kappa shape index (κ1) is 19.4. The Balaban J connectivity index is 2.56. The van der Waals surface area contributed by atoms with Crippen LogP contribution in [0, 0.1) is 0 Å². The van der Waals surface area contributed by atoms with E-state index in [0.717, 1.165) is 32.7 Å². The van der Waals surface area contributed by atoms with Crippen LogP contribution >= 0.6 is 0 Å². The fourth-order valence-corrected chi connectivity index (χ4v) is 3.54. The van der Waals surface area contributed by atoms with Gasteiger partial charge < -0.3 is 24.7 Å². The summed E-state index contributed by atoms with van der Waals surface area (Å²) in [6.45, 7) is 0.471. The molecule has 0 radical (unpaired) electrons. The predicted octanol–water partition coefficient (Wildman–Crippen LogP) is 4.30. The third-order valence-electron chi connectivity index (χ3n) is 4.84. The summed E-state index contributed by atoms with van der Waals surface area (Å²) < 4.78 is 21.9. The molecule has 0 aliphatic heterocycles. The van der Waals surface area contributed by atoms with Crippen molar-refractivity contribution >= 4 is 21.5 Å². The molecular formula is C20H22N4O4. The Morgan fingerprint density at radius 2 is 1.11 bits per heavy atom. The second kappa shape index (κ2) is 8.12. The van der Waals surface area contributed by atoms with Gasteiger partial charge in [0.25, 0.3) is 0 Å². The number of benzene rings is 3. The van der Waals surface area contributed by atoms with Crippen LogP contribution in [0.25, 0.3) is 32.0 Å². The van der Waals surface area contributed by atoms with Crippen molar-refractivity contribution in [2.45, 2.75) is 13.1 Å². The molecule has 8 heteroatoms. The molecule has 2 N–H and O–H groups in total. The minimum absolute atomic E-state index is 0.166. The molecule has 0 atom stereocenters. The molecule has 3 rings (SSSR count). The highest BCUT2D eigenvalue weighted by Crippen LogP contribution is 2.43. The molecule has 0 aromatic heterocycles. The van der Waals surface area contributed by atoms with E-state index in [9.17, 15) is 0 Å². The van der Waals surface area contributed by atoms with Gasteiger partial charge in [-0.1, -0.05) is 5.11 Å². The minimum atomic E-state index is 0.166. The largest absolute Gasteiger partial charge is 0.493 e. The van der Waals surface area contributed by atoms with Gasteiger partial charge in [0, 0.05) is 11.5 Å². The molecule has 0 fully saturated rings. The van der Waals surface area contributed by atoms with Crippen LogP contribution in [0.4, 0.5) is 0 Å². The highest BCUT2D eigenvalue weighted by Gasteiger charge is 2.19. The van der Waals surface area contributed by atoms with Crippen molar-refractivity contribution in [3.8, 4) is 23.0 Å². The van der Waals surface area contributed by atoms with Gasteiger partial charge >= 0.3 is 0 Å². The third kappa shape index (κ3) is 3.09. The molecule has 0 saturated carbocycles. The second-order valence-electron chi connectivity index (χ2n) is 6.06. The average molecular weight is 382 g/mol. The van der Waals surface area contributed by atoms with Crippen molar-refractivity contribution in [2.24, 2.45) is 10.8 Å². The SMILES string of the molecule is COc1cc2c(CN)c3cc(OC)c(OC)cc3c(CN=[N+]=[N-])c2cc1OC. The highest BCUT2D eigenvalue weighted by atomic mass is 16.5. The van der Waals surface area contributed by atoms with Gasteiger partial charge in [-0.2, -0.15) is 0 Å². The molecule has 146 valence electrons. The van der Waals surface area contributed by atoms with E-state index in [2.05, 4.69) is 10.0 Å². The number of nitrogens with two attached hydrogens (primary N) is 1. The van der Waals surface area contributed by atoms with E-state index in [1.807, 2.05) is 24.3 Å². The molecule has 0 aliphatic carbocycles. The maximum atomic E-state index is 8.89. The van der Waals surface area contributed by atoms with Crippen molar-refractivity contribution in [3.63, 3.8) is 0 Å². The van der Waals surface area contributed by atoms with Crippen LogP contribution in [0.3, 0.4) is 0 Å². The number of methoxy groups -OCH3 is 4. The van der Waals surface area contributed by atoms with Crippen LogP contribution in [-0.4, -0.2) is 28.4 Å². The molecule has 3 aromatic carbocycles. The molecule has 0 unspecified atom stereocenters. The summed E-state index contributed by atoms with van der Waals surface area (Å²) in [7, 11) is 6.33. The third-order valence-corrected chi connectivity index (χ3v) is 4.84. The van der Waals surface area contributed by atoms with E-state index in [0.29, 0.717) is 29.5 Å². The Morgan fingerprint density at radius 3 is 1.39 bits per heavy atom. The van der Waals surface area contributed by atoms with E-state index in [1.165, 1.54) is 0 Å². The van der Waals surface area contributed by atoms with Gasteiger partial charge in [0.05, 0.1) is 35.0 Å². The fourth-order valence-electron chi connectivity index (χ4n) is 3.54. The van der Waals surface area contributed by atoms with Gasteiger partial charge in [-0.15, -0.1) is 0 Å². The van der Waals surface area contributed by atoms with Gasteiger partial charge in [0.1, 0.15) is 0 Å². The molecular weight excluding hydrogens is 360 g/mol. The first-order valence-corrected chi connectivity index (χ1v) is 8.59. The van der Waals surface area contributed by atoms with Crippen molar-refractivity contribution in [1.29, 1.82) is 0 Å². The summed E-state index contributed by atoms with van der Waals surface area (Å²) in [5.74, 6) is 2.36. The van der Waals surface area contributed by atoms with E-state index < -0.39 is 0 Å². The summed E-state index contributed by atoms with van der Waals surface area (Å²) in [6.07, 6.45) is 0. The quantitative estimate of drug-likeness (QED) is 0.283. The summed E-state index contributed by atoms with van der Waals surface area (Å²) in [5, 5.41) is 7.37.